The van der Waals surface area contributed by atoms with Crippen LogP contribution in [0.25, 0.3) is 0 Å². The first-order valence-electron chi connectivity index (χ1n) is 8.27. The fourth-order valence-electron chi connectivity index (χ4n) is 2.39. The van der Waals surface area contributed by atoms with Gasteiger partial charge < -0.3 is 22.9 Å². The zero-order chi connectivity index (χ0) is 18.1. The van der Waals surface area contributed by atoms with Crippen LogP contribution in [0.3, 0.4) is 0 Å². The van der Waals surface area contributed by atoms with Crippen LogP contribution < -0.4 is 22.9 Å². The molecular formula is C21H26N4. The highest BCUT2D eigenvalue weighted by Crippen LogP contribution is 2.13. The first-order valence-corrected chi connectivity index (χ1v) is 8.27. The van der Waals surface area contributed by atoms with Crippen LogP contribution in [-0.4, -0.2) is 0 Å². The molecule has 0 fully saturated rings. The number of nitrogen functional groups attached to an aromatic ring is 2. The molecule has 0 aromatic heterocycles. The highest BCUT2D eigenvalue weighted by atomic mass is 14.5. The standard InChI is InChI=1S/C13H14N2.C8H12N2/c14-12-5-1-10(2-6-12)9-11-3-7-13(15)8-4-11;9-5-7-2-1-3-8(4-7)6-10/h1-8H,9,14-15H2;1-4H,5-6,9-10H2. The summed E-state index contributed by atoms with van der Waals surface area (Å²) in [5.74, 6) is 0. The van der Waals surface area contributed by atoms with E-state index in [1.54, 1.807) is 0 Å². The summed E-state index contributed by atoms with van der Waals surface area (Å²) in [5.41, 5.74) is 28.5. The van der Waals surface area contributed by atoms with E-state index in [-0.39, 0.29) is 0 Å². The van der Waals surface area contributed by atoms with Gasteiger partial charge in [0.05, 0.1) is 0 Å². The Morgan fingerprint density at radius 1 is 0.520 bits per heavy atom. The number of nitrogens with two attached hydrogens (primary N) is 4. The second kappa shape index (κ2) is 9.47. The molecule has 0 bridgehead atoms. The number of hydrogen-bond acceptors (Lipinski definition) is 4. The first-order chi connectivity index (χ1) is 12.1. The van der Waals surface area contributed by atoms with E-state index < -0.39 is 0 Å². The Balaban J connectivity index is 0.000000196. The molecule has 0 atom stereocenters. The monoisotopic (exact) mass is 334 g/mol. The molecule has 25 heavy (non-hydrogen) atoms. The molecule has 0 amide bonds. The number of anilines is 2. The molecule has 4 heteroatoms. The Morgan fingerprint density at radius 3 is 1.28 bits per heavy atom. The number of rotatable bonds is 4. The van der Waals surface area contributed by atoms with Gasteiger partial charge in [-0.25, -0.2) is 0 Å². The van der Waals surface area contributed by atoms with Crippen molar-refractivity contribution in [1.82, 2.24) is 0 Å². The van der Waals surface area contributed by atoms with Crippen molar-refractivity contribution in [2.45, 2.75) is 19.5 Å². The quantitative estimate of drug-likeness (QED) is 0.550. The SMILES string of the molecule is NCc1cccc(CN)c1.Nc1ccc(Cc2ccc(N)cc2)cc1. The third-order valence-electron chi connectivity index (χ3n) is 3.83. The van der Waals surface area contributed by atoms with E-state index in [0.717, 1.165) is 28.9 Å². The lowest BCUT2D eigenvalue weighted by Gasteiger charge is -2.02. The second-order valence-corrected chi connectivity index (χ2v) is 5.89. The average Bonchev–Trinajstić information content (AvgIpc) is 2.66. The molecule has 0 aliphatic carbocycles. The molecule has 3 rings (SSSR count). The van der Waals surface area contributed by atoms with Crippen molar-refractivity contribution in [3.8, 4) is 0 Å². The minimum atomic E-state index is 0.591. The largest absolute Gasteiger partial charge is 0.399 e. The van der Waals surface area contributed by atoms with Crippen LogP contribution >= 0.6 is 0 Å². The summed E-state index contributed by atoms with van der Waals surface area (Å²) in [6, 6.07) is 23.9. The Kier molecular flexibility index (Phi) is 7.01. The molecule has 3 aromatic carbocycles. The summed E-state index contributed by atoms with van der Waals surface area (Å²) < 4.78 is 0. The minimum absolute atomic E-state index is 0.591. The molecular weight excluding hydrogens is 308 g/mol. The van der Waals surface area contributed by atoms with Crippen LogP contribution in [0.4, 0.5) is 11.4 Å². The highest BCUT2D eigenvalue weighted by molar-refractivity contribution is 5.43. The van der Waals surface area contributed by atoms with Crippen LogP contribution in [0.2, 0.25) is 0 Å². The van der Waals surface area contributed by atoms with Crippen molar-refractivity contribution in [3.63, 3.8) is 0 Å². The summed E-state index contributed by atoms with van der Waals surface area (Å²) in [5, 5.41) is 0. The summed E-state index contributed by atoms with van der Waals surface area (Å²) in [4.78, 5) is 0. The molecule has 0 radical (unpaired) electrons. The molecule has 130 valence electrons. The van der Waals surface area contributed by atoms with Gasteiger partial charge in [0.1, 0.15) is 0 Å². The smallest absolute Gasteiger partial charge is 0.0314 e. The summed E-state index contributed by atoms with van der Waals surface area (Å²) in [6.45, 7) is 1.18. The van der Waals surface area contributed by atoms with Gasteiger partial charge in [0.25, 0.3) is 0 Å². The van der Waals surface area contributed by atoms with Gasteiger partial charge in [-0.2, -0.15) is 0 Å². The van der Waals surface area contributed by atoms with Crippen molar-refractivity contribution >= 4 is 11.4 Å². The molecule has 0 aliphatic rings. The first kappa shape index (κ1) is 18.5. The van der Waals surface area contributed by atoms with Gasteiger partial charge in [0.2, 0.25) is 0 Å². The van der Waals surface area contributed by atoms with Crippen molar-refractivity contribution in [3.05, 3.63) is 95.1 Å². The highest BCUT2D eigenvalue weighted by Gasteiger charge is 1.96. The third kappa shape index (κ3) is 6.30. The second-order valence-electron chi connectivity index (χ2n) is 5.89. The lowest BCUT2D eigenvalue weighted by molar-refractivity contribution is 1.03. The molecule has 0 aliphatic heterocycles. The molecule has 0 unspecified atom stereocenters. The zero-order valence-electron chi connectivity index (χ0n) is 14.4. The topological polar surface area (TPSA) is 104 Å². The average molecular weight is 334 g/mol. The van der Waals surface area contributed by atoms with Crippen LogP contribution in [0, 0.1) is 0 Å². The van der Waals surface area contributed by atoms with Gasteiger partial charge in [0.15, 0.2) is 0 Å². The number of benzene rings is 3. The van der Waals surface area contributed by atoms with Crippen LogP contribution in [0.1, 0.15) is 22.3 Å². The summed E-state index contributed by atoms with van der Waals surface area (Å²) in [7, 11) is 0. The van der Waals surface area contributed by atoms with Crippen molar-refractivity contribution in [2.75, 3.05) is 11.5 Å². The van der Waals surface area contributed by atoms with E-state index >= 15 is 0 Å². The molecule has 0 saturated carbocycles. The molecule has 0 spiro atoms. The molecule has 0 heterocycles. The van der Waals surface area contributed by atoms with E-state index in [1.807, 2.05) is 72.8 Å². The van der Waals surface area contributed by atoms with Gasteiger partial charge in [-0.3, -0.25) is 0 Å². The van der Waals surface area contributed by atoms with Crippen LogP contribution in [0.5, 0.6) is 0 Å². The van der Waals surface area contributed by atoms with Gasteiger partial charge in [-0.05, 0) is 52.9 Å². The lowest BCUT2D eigenvalue weighted by atomic mass is 10.0. The fourth-order valence-corrected chi connectivity index (χ4v) is 2.39. The van der Waals surface area contributed by atoms with E-state index in [9.17, 15) is 0 Å². The Bertz CT molecular complexity index is 702. The molecule has 0 saturated heterocycles. The predicted molar refractivity (Wildman–Crippen MR) is 107 cm³/mol. The maximum absolute atomic E-state index is 5.62. The molecule has 3 aromatic rings. The van der Waals surface area contributed by atoms with Crippen molar-refractivity contribution in [1.29, 1.82) is 0 Å². The van der Waals surface area contributed by atoms with Crippen LogP contribution in [-0.2, 0) is 19.5 Å². The van der Waals surface area contributed by atoms with Gasteiger partial charge >= 0.3 is 0 Å². The molecule has 8 N–H and O–H groups in total. The fraction of sp³-hybridized carbons (Fsp3) is 0.143. The Morgan fingerprint density at radius 2 is 0.920 bits per heavy atom. The number of hydrogen-bond donors (Lipinski definition) is 4. The minimum Gasteiger partial charge on any atom is -0.399 e. The lowest BCUT2D eigenvalue weighted by Crippen LogP contribution is -2.00. The Hall–Kier alpha value is -2.82. The van der Waals surface area contributed by atoms with Gasteiger partial charge in [-0.15, -0.1) is 0 Å². The van der Waals surface area contributed by atoms with E-state index in [1.165, 1.54) is 11.1 Å². The Labute approximate surface area is 149 Å². The van der Waals surface area contributed by atoms with Crippen molar-refractivity contribution in [2.24, 2.45) is 11.5 Å². The normalized spacial score (nSPS) is 10.0. The predicted octanol–water partition coefficient (Wildman–Crippen LogP) is 3.05. The third-order valence-corrected chi connectivity index (χ3v) is 3.83. The van der Waals surface area contributed by atoms with E-state index in [4.69, 9.17) is 22.9 Å². The van der Waals surface area contributed by atoms with Gasteiger partial charge in [-0.1, -0.05) is 48.5 Å². The van der Waals surface area contributed by atoms with Gasteiger partial charge in [0, 0.05) is 24.5 Å². The summed E-state index contributed by atoms with van der Waals surface area (Å²) in [6.07, 6.45) is 0.917. The maximum atomic E-state index is 5.62. The van der Waals surface area contributed by atoms with Crippen LogP contribution in [0.15, 0.2) is 72.8 Å². The summed E-state index contributed by atoms with van der Waals surface area (Å²) >= 11 is 0. The maximum Gasteiger partial charge on any atom is 0.0314 e. The van der Waals surface area contributed by atoms with E-state index in [2.05, 4.69) is 0 Å². The zero-order valence-corrected chi connectivity index (χ0v) is 14.4. The van der Waals surface area contributed by atoms with E-state index in [0.29, 0.717) is 13.1 Å². The van der Waals surface area contributed by atoms with Crippen molar-refractivity contribution < 1.29 is 0 Å². The molecule has 4 nitrogen and oxygen atoms in total.